The van der Waals surface area contributed by atoms with Crippen molar-refractivity contribution in [2.45, 2.75) is 6.92 Å². The molecule has 0 atom stereocenters. The number of ether oxygens (including phenoxy) is 1. The second-order valence-corrected chi connectivity index (χ2v) is 4.46. The average molecular weight is 287 g/mol. The van der Waals surface area contributed by atoms with Crippen molar-refractivity contribution in [1.29, 1.82) is 0 Å². The van der Waals surface area contributed by atoms with E-state index in [0.29, 0.717) is 23.3 Å². The fourth-order valence-corrected chi connectivity index (χ4v) is 1.87. The Morgan fingerprint density at radius 3 is 2.76 bits per heavy atom. The molecule has 2 aromatic rings. The largest absolute Gasteiger partial charge is 0.483 e. The molecule has 0 saturated carbocycles. The Hall–Kier alpha value is -2.69. The van der Waals surface area contributed by atoms with E-state index in [1.165, 1.54) is 18.2 Å². The van der Waals surface area contributed by atoms with Gasteiger partial charge in [0.1, 0.15) is 11.6 Å². The number of anilines is 1. The first kappa shape index (κ1) is 14.7. The normalized spacial score (nSPS) is 10.0. The highest BCUT2D eigenvalue weighted by molar-refractivity contribution is 5.92. The van der Waals surface area contributed by atoms with Crippen LogP contribution in [0.1, 0.15) is 15.9 Å². The number of hydrogen-bond donors (Lipinski definition) is 1. The predicted molar refractivity (Wildman–Crippen MR) is 77.1 cm³/mol. The SMILES string of the molecule is Cc1cccc(C=O)c1OCC(=O)Nc1cccc(F)c1. The second-order valence-electron chi connectivity index (χ2n) is 4.46. The van der Waals surface area contributed by atoms with Gasteiger partial charge in [-0.15, -0.1) is 0 Å². The summed E-state index contributed by atoms with van der Waals surface area (Å²) in [7, 11) is 0. The monoisotopic (exact) mass is 287 g/mol. The van der Waals surface area contributed by atoms with Gasteiger partial charge in [-0.05, 0) is 36.8 Å². The van der Waals surface area contributed by atoms with E-state index in [2.05, 4.69) is 5.32 Å². The Kier molecular flexibility index (Phi) is 4.66. The molecule has 2 aromatic carbocycles. The summed E-state index contributed by atoms with van der Waals surface area (Å²) >= 11 is 0. The van der Waals surface area contributed by atoms with Gasteiger partial charge < -0.3 is 10.1 Å². The van der Waals surface area contributed by atoms with E-state index in [9.17, 15) is 14.0 Å². The van der Waals surface area contributed by atoms with Gasteiger partial charge in [-0.2, -0.15) is 0 Å². The summed E-state index contributed by atoms with van der Waals surface area (Å²) in [4.78, 5) is 22.7. The fourth-order valence-electron chi connectivity index (χ4n) is 1.87. The maximum atomic E-state index is 13.0. The molecule has 0 aromatic heterocycles. The van der Waals surface area contributed by atoms with Crippen molar-refractivity contribution in [1.82, 2.24) is 0 Å². The number of halogens is 1. The van der Waals surface area contributed by atoms with E-state index in [4.69, 9.17) is 4.74 Å². The van der Waals surface area contributed by atoms with Gasteiger partial charge in [-0.25, -0.2) is 4.39 Å². The fraction of sp³-hybridized carbons (Fsp3) is 0.125. The minimum absolute atomic E-state index is 0.262. The van der Waals surface area contributed by atoms with Gasteiger partial charge in [-0.1, -0.05) is 18.2 Å². The molecule has 0 radical (unpaired) electrons. The maximum Gasteiger partial charge on any atom is 0.262 e. The lowest BCUT2D eigenvalue weighted by molar-refractivity contribution is -0.118. The van der Waals surface area contributed by atoms with Crippen LogP contribution in [0.2, 0.25) is 0 Å². The van der Waals surface area contributed by atoms with Gasteiger partial charge in [0.15, 0.2) is 12.9 Å². The van der Waals surface area contributed by atoms with Gasteiger partial charge in [0, 0.05) is 5.69 Å². The molecule has 0 heterocycles. The molecule has 1 amide bonds. The molecule has 0 aliphatic rings. The smallest absolute Gasteiger partial charge is 0.262 e. The van der Waals surface area contributed by atoms with Crippen molar-refractivity contribution in [3.05, 3.63) is 59.4 Å². The standard InChI is InChI=1S/C16H14FNO3/c1-11-4-2-5-12(9-19)16(11)21-10-15(20)18-14-7-3-6-13(17)8-14/h2-9H,10H2,1H3,(H,18,20). The lowest BCUT2D eigenvalue weighted by Crippen LogP contribution is -2.20. The third-order valence-corrected chi connectivity index (χ3v) is 2.83. The molecule has 5 heteroatoms. The molecule has 0 spiro atoms. The Morgan fingerprint density at radius 1 is 1.29 bits per heavy atom. The molecule has 0 fully saturated rings. The first-order valence-corrected chi connectivity index (χ1v) is 6.33. The highest BCUT2D eigenvalue weighted by Crippen LogP contribution is 2.21. The number of benzene rings is 2. The van der Waals surface area contributed by atoms with E-state index >= 15 is 0 Å². The molecular formula is C16H14FNO3. The second kappa shape index (κ2) is 6.65. The van der Waals surface area contributed by atoms with Crippen molar-refractivity contribution < 1.29 is 18.7 Å². The quantitative estimate of drug-likeness (QED) is 0.860. The van der Waals surface area contributed by atoms with Crippen LogP contribution in [0.4, 0.5) is 10.1 Å². The molecule has 0 aliphatic carbocycles. The molecule has 0 aliphatic heterocycles. The van der Waals surface area contributed by atoms with E-state index in [1.54, 1.807) is 31.2 Å². The Labute approximate surface area is 121 Å². The van der Waals surface area contributed by atoms with E-state index in [1.807, 2.05) is 0 Å². The summed E-state index contributed by atoms with van der Waals surface area (Å²) in [6.45, 7) is 1.52. The zero-order valence-electron chi connectivity index (χ0n) is 11.4. The van der Waals surface area contributed by atoms with Crippen LogP contribution in [0.25, 0.3) is 0 Å². The lowest BCUT2D eigenvalue weighted by atomic mass is 10.1. The number of rotatable bonds is 5. The third-order valence-electron chi connectivity index (χ3n) is 2.83. The lowest BCUT2D eigenvalue weighted by Gasteiger charge is -2.11. The van der Waals surface area contributed by atoms with E-state index in [-0.39, 0.29) is 6.61 Å². The van der Waals surface area contributed by atoms with Crippen LogP contribution in [0.15, 0.2) is 42.5 Å². The van der Waals surface area contributed by atoms with Gasteiger partial charge >= 0.3 is 0 Å². The van der Waals surface area contributed by atoms with Crippen LogP contribution in [-0.2, 0) is 4.79 Å². The van der Waals surface area contributed by atoms with E-state index in [0.717, 1.165) is 5.56 Å². The topological polar surface area (TPSA) is 55.4 Å². The Bertz CT molecular complexity index is 670. The average Bonchev–Trinajstić information content (AvgIpc) is 2.45. The number of carbonyl (C=O) groups excluding carboxylic acids is 2. The number of amides is 1. The molecular weight excluding hydrogens is 273 g/mol. The molecule has 4 nitrogen and oxygen atoms in total. The number of para-hydroxylation sites is 1. The number of carbonyl (C=O) groups is 2. The molecule has 108 valence electrons. The zero-order chi connectivity index (χ0) is 15.2. The summed E-state index contributed by atoms with van der Waals surface area (Å²) in [6.07, 6.45) is 0.673. The maximum absolute atomic E-state index is 13.0. The van der Waals surface area contributed by atoms with Crippen molar-refractivity contribution in [2.75, 3.05) is 11.9 Å². The predicted octanol–water partition coefficient (Wildman–Crippen LogP) is 2.96. The minimum atomic E-state index is -0.434. The first-order valence-electron chi connectivity index (χ1n) is 6.33. The number of aryl methyl sites for hydroxylation is 1. The highest BCUT2D eigenvalue weighted by Gasteiger charge is 2.09. The Morgan fingerprint density at radius 2 is 2.05 bits per heavy atom. The van der Waals surface area contributed by atoms with Crippen LogP contribution in [0.3, 0.4) is 0 Å². The third kappa shape index (κ3) is 3.89. The number of nitrogens with one attached hydrogen (secondary N) is 1. The minimum Gasteiger partial charge on any atom is -0.483 e. The molecule has 21 heavy (non-hydrogen) atoms. The van der Waals surface area contributed by atoms with Gasteiger partial charge in [0.25, 0.3) is 5.91 Å². The molecule has 0 unspecified atom stereocenters. The summed E-state index contributed by atoms with van der Waals surface area (Å²) in [5.41, 5.74) is 1.50. The molecule has 0 bridgehead atoms. The summed E-state index contributed by atoms with van der Waals surface area (Å²) in [5.74, 6) is -0.488. The highest BCUT2D eigenvalue weighted by atomic mass is 19.1. The van der Waals surface area contributed by atoms with Crippen molar-refractivity contribution in [2.24, 2.45) is 0 Å². The van der Waals surface area contributed by atoms with Crippen LogP contribution < -0.4 is 10.1 Å². The Balaban J connectivity index is 2.00. The van der Waals surface area contributed by atoms with Gasteiger partial charge in [0.2, 0.25) is 0 Å². The van der Waals surface area contributed by atoms with E-state index < -0.39 is 11.7 Å². The van der Waals surface area contributed by atoms with Crippen molar-refractivity contribution >= 4 is 17.9 Å². The van der Waals surface area contributed by atoms with Crippen LogP contribution >= 0.6 is 0 Å². The van der Waals surface area contributed by atoms with Gasteiger partial charge in [-0.3, -0.25) is 9.59 Å². The summed E-state index contributed by atoms with van der Waals surface area (Å²) in [5, 5.41) is 2.52. The van der Waals surface area contributed by atoms with Crippen molar-refractivity contribution in [3.63, 3.8) is 0 Å². The summed E-state index contributed by atoms with van der Waals surface area (Å²) < 4.78 is 18.4. The molecule has 2 rings (SSSR count). The van der Waals surface area contributed by atoms with Crippen LogP contribution in [-0.4, -0.2) is 18.8 Å². The summed E-state index contributed by atoms with van der Waals surface area (Å²) in [6, 6.07) is 10.7. The molecule has 1 N–H and O–H groups in total. The number of hydrogen-bond acceptors (Lipinski definition) is 3. The van der Waals surface area contributed by atoms with Crippen LogP contribution in [0.5, 0.6) is 5.75 Å². The first-order chi connectivity index (χ1) is 10.1. The van der Waals surface area contributed by atoms with Crippen LogP contribution in [0, 0.1) is 12.7 Å². The molecule has 0 saturated heterocycles. The van der Waals surface area contributed by atoms with Gasteiger partial charge in [0.05, 0.1) is 5.56 Å². The number of aldehydes is 1. The zero-order valence-corrected chi connectivity index (χ0v) is 11.4. The van der Waals surface area contributed by atoms with Crippen molar-refractivity contribution in [3.8, 4) is 5.75 Å².